The third-order valence-corrected chi connectivity index (χ3v) is 12.0. The van der Waals surface area contributed by atoms with Gasteiger partial charge in [0.25, 0.3) is 0 Å². The number of hydrogen-bond donors (Lipinski definition) is 0. The van der Waals surface area contributed by atoms with E-state index in [0.29, 0.717) is 0 Å². The minimum Gasteiger partial charge on any atom is -0.307 e. The summed E-state index contributed by atoms with van der Waals surface area (Å²) in [4.78, 5) is 7.98. The van der Waals surface area contributed by atoms with Crippen LogP contribution in [0.3, 0.4) is 0 Å². The number of allylic oxidation sites excluding steroid dienone is 1. The van der Waals surface area contributed by atoms with Gasteiger partial charge in [0.2, 0.25) is 0 Å². The summed E-state index contributed by atoms with van der Waals surface area (Å²) in [5.74, 6) is 0. The standard InChI is InChI=1S/C37H26N2S2/c1-2-11-23(12-3-1)38-28-15-10-18-31-33(28)39(27-14-5-7-17-30(27)40-31)36-34(38)32-26(37(36)21-8-9-22-37)20-19-25-24-13-4-6-16-29(24)41-35(25)32/h1-7,10-20H,8-9,21-22H2. The van der Waals surface area contributed by atoms with Crippen LogP contribution in [0.15, 0.2) is 125 Å². The maximum atomic E-state index is 2.69. The fourth-order valence-electron chi connectivity index (χ4n) is 8.08. The predicted octanol–water partition coefficient (Wildman–Crippen LogP) is 11.0. The lowest BCUT2D eigenvalue weighted by atomic mass is 9.77. The molecule has 0 radical (unpaired) electrons. The second-order valence-electron chi connectivity index (χ2n) is 11.6. The van der Waals surface area contributed by atoms with Crippen molar-refractivity contribution in [3.05, 3.63) is 126 Å². The van der Waals surface area contributed by atoms with E-state index in [-0.39, 0.29) is 5.41 Å². The normalized spacial score (nSPS) is 17.8. The molecule has 2 nitrogen and oxygen atoms in total. The van der Waals surface area contributed by atoms with Crippen LogP contribution in [-0.4, -0.2) is 0 Å². The number of benzene rings is 5. The van der Waals surface area contributed by atoms with Gasteiger partial charge in [-0.1, -0.05) is 91.3 Å². The summed E-state index contributed by atoms with van der Waals surface area (Å²) in [6.07, 6.45) is 4.93. The Labute approximate surface area is 247 Å². The van der Waals surface area contributed by atoms with Crippen molar-refractivity contribution in [1.29, 1.82) is 0 Å². The molecule has 0 N–H and O–H groups in total. The van der Waals surface area contributed by atoms with Crippen LogP contribution in [0, 0.1) is 0 Å². The van der Waals surface area contributed by atoms with Gasteiger partial charge in [0, 0.05) is 46.6 Å². The van der Waals surface area contributed by atoms with Gasteiger partial charge in [-0.15, -0.1) is 11.3 Å². The molecular weight excluding hydrogens is 537 g/mol. The lowest BCUT2D eigenvalue weighted by Gasteiger charge is -2.47. The fourth-order valence-corrected chi connectivity index (χ4v) is 10.4. The molecule has 0 saturated heterocycles. The van der Waals surface area contributed by atoms with Crippen molar-refractivity contribution in [3.8, 4) is 0 Å². The second-order valence-corrected chi connectivity index (χ2v) is 13.8. The SMILES string of the molecule is c1ccc(N2C3=C(N4c5ccccc5Sc5cccc2c54)C2(CCCC2)c2ccc4c(sc5ccccc54)c23)cc1. The molecule has 1 saturated carbocycles. The average Bonchev–Trinajstić information content (AvgIpc) is 3.73. The minimum absolute atomic E-state index is 0.00197. The van der Waals surface area contributed by atoms with E-state index in [4.69, 9.17) is 0 Å². The quantitative estimate of drug-likeness (QED) is 0.197. The summed E-state index contributed by atoms with van der Waals surface area (Å²) in [7, 11) is 0. The van der Waals surface area contributed by atoms with Crippen molar-refractivity contribution >= 4 is 71.7 Å². The third-order valence-electron chi connectivity index (χ3n) is 9.66. The van der Waals surface area contributed by atoms with E-state index in [1.807, 2.05) is 23.1 Å². The summed E-state index contributed by atoms with van der Waals surface area (Å²) in [5.41, 5.74) is 11.0. The smallest absolute Gasteiger partial charge is 0.0842 e. The van der Waals surface area contributed by atoms with E-state index < -0.39 is 0 Å². The van der Waals surface area contributed by atoms with Crippen molar-refractivity contribution in [2.75, 3.05) is 9.80 Å². The highest BCUT2D eigenvalue weighted by Gasteiger charge is 2.55. The van der Waals surface area contributed by atoms with Crippen LogP contribution in [0.4, 0.5) is 22.7 Å². The van der Waals surface area contributed by atoms with Gasteiger partial charge in [0.15, 0.2) is 0 Å². The molecule has 10 rings (SSSR count). The molecule has 0 unspecified atom stereocenters. The summed E-state index contributed by atoms with van der Waals surface area (Å²) < 4.78 is 2.80. The van der Waals surface area contributed by atoms with E-state index in [9.17, 15) is 0 Å². The summed E-state index contributed by atoms with van der Waals surface area (Å²) in [5, 5.41) is 2.75. The van der Waals surface area contributed by atoms with Gasteiger partial charge in [0.1, 0.15) is 0 Å². The molecule has 0 amide bonds. The number of rotatable bonds is 1. The Bertz CT molecular complexity index is 2100. The monoisotopic (exact) mass is 562 g/mol. The highest BCUT2D eigenvalue weighted by Crippen LogP contribution is 2.68. The van der Waals surface area contributed by atoms with Gasteiger partial charge >= 0.3 is 0 Å². The van der Waals surface area contributed by atoms with E-state index in [2.05, 4.69) is 119 Å². The maximum absolute atomic E-state index is 2.69. The second kappa shape index (κ2) is 8.06. The number of anilines is 4. The lowest BCUT2D eigenvalue weighted by molar-refractivity contribution is 0.523. The maximum Gasteiger partial charge on any atom is 0.0842 e. The number of thiophene rings is 1. The molecule has 2 aliphatic carbocycles. The van der Waals surface area contributed by atoms with Gasteiger partial charge in [0.05, 0.1) is 28.5 Å². The van der Waals surface area contributed by atoms with Crippen LogP contribution in [0.2, 0.25) is 0 Å². The summed E-state index contributed by atoms with van der Waals surface area (Å²) in [6, 6.07) is 40.9. The topological polar surface area (TPSA) is 6.48 Å². The molecule has 1 spiro atoms. The number of fused-ring (bicyclic) bond motifs is 11. The molecule has 0 bridgehead atoms. The molecule has 3 heterocycles. The Hall–Kier alpha value is -3.99. The van der Waals surface area contributed by atoms with Crippen molar-refractivity contribution in [3.63, 3.8) is 0 Å². The Morgan fingerprint density at radius 3 is 2.27 bits per heavy atom. The van der Waals surface area contributed by atoms with E-state index in [1.165, 1.54) is 101 Å². The zero-order valence-electron chi connectivity index (χ0n) is 22.4. The molecule has 1 fully saturated rings. The lowest BCUT2D eigenvalue weighted by Crippen LogP contribution is -2.38. The molecule has 2 aliphatic heterocycles. The van der Waals surface area contributed by atoms with Crippen molar-refractivity contribution in [2.45, 2.75) is 40.9 Å². The highest BCUT2D eigenvalue weighted by molar-refractivity contribution is 7.99. The minimum atomic E-state index is 0.00197. The van der Waals surface area contributed by atoms with Crippen LogP contribution in [0.25, 0.3) is 25.9 Å². The number of nitrogens with zero attached hydrogens (tertiary/aromatic N) is 2. The largest absolute Gasteiger partial charge is 0.307 e. The van der Waals surface area contributed by atoms with Crippen molar-refractivity contribution in [2.24, 2.45) is 0 Å². The van der Waals surface area contributed by atoms with Gasteiger partial charge < -0.3 is 9.80 Å². The van der Waals surface area contributed by atoms with Crippen LogP contribution in [0.1, 0.15) is 36.8 Å². The van der Waals surface area contributed by atoms with Crippen LogP contribution in [0.5, 0.6) is 0 Å². The van der Waals surface area contributed by atoms with Crippen LogP contribution < -0.4 is 9.80 Å². The highest BCUT2D eigenvalue weighted by atomic mass is 32.2. The number of hydrogen-bond acceptors (Lipinski definition) is 4. The molecule has 5 aromatic carbocycles. The van der Waals surface area contributed by atoms with Gasteiger partial charge in [-0.25, -0.2) is 0 Å². The van der Waals surface area contributed by atoms with Crippen LogP contribution >= 0.6 is 23.1 Å². The Balaban J connectivity index is 1.41. The van der Waals surface area contributed by atoms with Gasteiger partial charge in [-0.2, -0.15) is 0 Å². The van der Waals surface area contributed by atoms with Crippen molar-refractivity contribution < 1.29 is 0 Å². The fraction of sp³-hybridized carbons (Fsp3) is 0.135. The molecule has 0 atom stereocenters. The zero-order valence-corrected chi connectivity index (χ0v) is 24.1. The molecule has 41 heavy (non-hydrogen) atoms. The van der Waals surface area contributed by atoms with Gasteiger partial charge in [-0.05, 0) is 60.9 Å². The molecule has 6 aromatic rings. The molecule has 4 heteroatoms. The van der Waals surface area contributed by atoms with E-state index >= 15 is 0 Å². The Morgan fingerprint density at radius 2 is 1.37 bits per heavy atom. The first-order chi connectivity index (χ1) is 20.3. The predicted molar refractivity (Wildman–Crippen MR) is 174 cm³/mol. The first kappa shape index (κ1) is 22.7. The molecular formula is C37H26N2S2. The van der Waals surface area contributed by atoms with E-state index in [1.54, 1.807) is 0 Å². The average molecular weight is 563 g/mol. The zero-order chi connectivity index (χ0) is 26.7. The Kier molecular flexibility index (Phi) is 4.46. The Morgan fingerprint density at radius 1 is 0.610 bits per heavy atom. The van der Waals surface area contributed by atoms with E-state index in [0.717, 1.165) is 0 Å². The first-order valence-corrected chi connectivity index (χ1v) is 16.2. The molecule has 196 valence electrons. The van der Waals surface area contributed by atoms with Crippen LogP contribution in [-0.2, 0) is 5.41 Å². The van der Waals surface area contributed by atoms with Gasteiger partial charge in [-0.3, -0.25) is 0 Å². The first-order valence-electron chi connectivity index (χ1n) is 14.6. The van der Waals surface area contributed by atoms with Crippen molar-refractivity contribution in [1.82, 2.24) is 0 Å². The molecule has 4 aliphatic rings. The third kappa shape index (κ3) is 2.80. The summed E-state index contributed by atoms with van der Waals surface area (Å²) >= 11 is 3.88. The summed E-state index contributed by atoms with van der Waals surface area (Å²) in [6.45, 7) is 0. The molecule has 1 aromatic heterocycles. The number of para-hydroxylation sites is 3.